The zero-order valence-electron chi connectivity index (χ0n) is 7.25. The molecule has 1 spiro atoms. The molecule has 1 heteroatoms. The number of carbonyl (C=O) groups excluding carboxylic acids is 1. The van der Waals surface area contributed by atoms with Crippen LogP contribution in [0.4, 0.5) is 0 Å². The molecule has 2 fully saturated rings. The minimum atomic E-state index is 0.358. The molecule has 0 heterocycles. The molecule has 12 heavy (non-hydrogen) atoms. The fraction of sp³-hybridized carbons (Fsp3) is 0.727. The van der Waals surface area contributed by atoms with E-state index in [9.17, 15) is 4.79 Å². The molecule has 0 aromatic heterocycles. The first-order valence-corrected chi connectivity index (χ1v) is 5.06. The van der Waals surface area contributed by atoms with E-state index in [2.05, 4.69) is 6.08 Å². The number of hydrogen-bond acceptors (Lipinski definition) is 1. The SMILES string of the molecule is O=C1C=CC23CCCC2CCC13. The van der Waals surface area contributed by atoms with Gasteiger partial charge in [-0.1, -0.05) is 12.5 Å². The predicted molar refractivity (Wildman–Crippen MR) is 46.6 cm³/mol. The van der Waals surface area contributed by atoms with Crippen molar-refractivity contribution in [2.75, 3.05) is 0 Å². The van der Waals surface area contributed by atoms with Crippen LogP contribution in [-0.2, 0) is 4.79 Å². The largest absolute Gasteiger partial charge is 0.295 e. The van der Waals surface area contributed by atoms with Crippen LogP contribution < -0.4 is 0 Å². The summed E-state index contributed by atoms with van der Waals surface area (Å²) in [5.74, 6) is 1.66. The smallest absolute Gasteiger partial charge is 0.159 e. The van der Waals surface area contributed by atoms with Gasteiger partial charge >= 0.3 is 0 Å². The first-order chi connectivity index (χ1) is 5.83. The molecule has 0 amide bonds. The summed E-state index contributed by atoms with van der Waals surface area (Å²) < 4.78 is 0. The van der Waals surface area contributed by atoms with Crippen molar-refractivity contribution in [3.8, 4) is 0 Å². The molecule has 0 N–H and O–H groups in total. The van der Waals surface area contributed by atoms with Gasteiger partial charge in [0.05, 0.1) is 0 Å². The second-order valence-electron chi connectivity index (χ2n) is 4.57. The van der Waals surface area contributed by atoms with Gasteiger partial charge in [0.15, 0.2) is 5.78 Å². The Morgan fingerprint density at radius 2 is 2.25 bits per heavy atom. The average molecular weight is 162 g/mol. The Morgan fingerprint density at radius 3 is 3.17 bits per heavy atom. The third-order valence-corrected chi connectivity index (χ3v) is 4.28. The maximum absolute atomic E-state index is 11.5. The summed E-state index contributed by atoms with van der Waals surface area (Å²) in [6, 6.07) is 0. The number of rotatable bonds is 0. The van der Waals surface area contributed by atoms with Gasteiger partial charge in [0, 0.05) is 11.3 Å². The Kier molecular flexibility index (Phi) is 1.15. The van der Waals surface area contributed by atoms with Crippen LogP contribution in [0.5, 0.6) is 0 Å². The Hall–Kier alpha value is -0.590. The number of carbonyl (C=O) groups is 1. The zero-order chi connectivity index (χ0) is 8.18. The highest BCUT2D eigenvalue weighted by Crippen LogP contribution is 2.60. The van der Waals surface area contributed by atoms with Crippen molar-refractivity contribution in [1.29, 1.82) is 0 Å². The topological polar surface area (TPSA) is 17.1 Å². The summed E-state index contributed by atoms with van der Waals surface area (Å²) in [6.45, 7) is 0. The molecule has 0 aromatic rings. The third kappa shape index (κ3) is 0.596. The van der Waals surface area contributed by atoms with Crippen molar-refractivity contribution >= 4 is 5.78 Å². The van der Waals surface area contributed by atoms with Crippen LogP contribution in [-0.4, -0.2) is 5.78 Å². The van der Waals surface area contributed by atoms with E-state index >= 15 is 0 Å². The summed E-state index contributed by atoms with van der Waals surface area (Å²) in [7, 11) is 0. The van der Waals surface area contributed by atoms with Crippen LogP contribution in [0.2, 0.25) is 0 Å². The van der Waals surface area contributed by atoms with Gasteiger partial charge in [0.25, 0.3) is 0 Å². The summed E-state index contributed by atoms with van der Waals surface area (Å²) in [5, 5.41) is 0. The van der Waals surface area contributed by atoms with E-state index in [-0.39, 0.29) is 0 Å². The summed E-state index contributed by atoms with van der Waals surface area (Å²) in [5.41, 5.74) is 0.358. The van der Waals surface area contributed by atoms with Gasteiger partial charge in [-0.15, -0.1) is 0 Å². The van der Waals surface area contributed by atoms with Crippen molar-refractivity contribution in [1.82, 2.24) is 0 Å². The standard InChI is InChI=1S/C11H14O/c12-10-5-7-11-6-1-2-8(11)3-4-9(10)11/h5,7-9H,1-4,6H2. The third-order valence-electron chi connectivity index (χ3n) is 4.28. The second kappa shape index (κ2) is 2.01. The summed E-state index contributed by atoms with van der Waals surface area (Å²) in [4.78, 5) is 11.5. The van der Waals surface area contributed by atoms with Gasteiger partial charge in [-0.2, -0.15) is 0 Å². The molecular formula is C11H14O. The van der Waals surface area contributed by atoms with Crippen molar-refractivity contribution in [3.05, 3.63) is 12.2 Å². The lowest BCUT2D eigenvalue weighted by molar-refractivity contribution is -0.119. The van der Waals surface area contributed by atoms with Crippen molar-refractivity contribution in [2.24, 2.45) is 17.3 Å². The highest BCUT2D eigenvalue weighted by atomic mass is 16.1. The normalized spacial score (nSPS) is 49.8. The lowest BCUT2D eigenvalue weighted by atomic mass is 9.76. The molecule has 0 bridgehead atoms. The Bertz CT molecular complexity index is 266. The van der Waals surface area contributed by atoms with E-state index in [4.69, 9.17) is 0 Å². The fourth-order valence-corrected chi connectivity index (χ4v) is 3.73. The van der Waals surface area contributed by atoms with E-state index in [1.54, 1.807) is 0 Å². The van der Waals surface area contributed by atoms with Crippen LogP contribution >= 0.6 is 0 Å². The van der Waals surface area contributed by atoms with Crippen LogP contribution in [0, 0.1) is 17.3 Å². The van der Waals surface area contributed by atoms with Crippen LogP contribution in [0.15, 0.2) is 12.2 Å². The fourth-order valence-electron chi connectivity index (χ4n) is 3.73. The molecule has 0 saturated heterocycles. The minimum Gasteiger partial charge on any atom is -0.295 e. The maximum Gasteiger partial charge on any atom is 0.159 e. The molecule has 3 unspecified atom stereocenters. The molecule has 2 saturated carbocycles. The second-order valence-corrected chi connectivity index (χ2v) is 4.57. The zero-order valence-corrected chi connectivity index (χ0v) is 7.25. The van der Waals surface area contributed by atoms with Gasteiger partial charge < -0.3 is 0 Å². The van der Waals surface area contributed by atoms with Crippen LogP contribution in [0.1, 0.15) is 32.1 Å². The Labute approximate surface area is 72.8 Å². The lowest BCUT2D eigenvalue weighted by Crippen LogP contribution is -2.25. The summed E-state index contributed by atoms with van der Waals surface area (Å²) >= 11 is 0. The van der Waals surface area contributed by atoms with Gasteiger partial charge in [-0.05, 0) is 37.7 Å². The van der Waals surface area contributed by atoms with Crippen LogP contribution in [0.25, 0.3) is 0 Å². The van der Waals surface area contributed by atoms with Crippen LogP contribution in [0.3, 0.4) is 0 Å². The minimum absolute atomic E-state index is 0.358. The monoisotopic (exact) mass is 162 g/mol. The maximum atomic E-state index is 11.5. The first-order valence-electron chi connectivity index (χ1n) is 5.06. The van der Waals surface area contributed by atoms with E-state index in [1.165, 1.54) is 25.7 Å². The van der Waals surface area contributed by atoms with E-state index in [0.717, 1.165) is 12.3 Å². The Morgan fingerprint density at radius 1 is 1.33 bits per heavy atom. The molecule has 3 rings (SSSR count). The van der Waals surface area contributed by atoms with E-state index in [1.807, 2.05) is 6.08 Å². The molecule has 3 atom stereocenters. The van der Waals surface area contributed by atoms with Gasteiger partial charge in [-0.25, -0.2) is 0 Å². The van der Waals surface area contributed by atoms with Gasteiger partial charge in [0.1, 0.15) is 0 Å². The molecule has 3 aliphatic rings. The number of hydrogen-bond donors (Lipinski definition) is 0. The predicted octanol–water partition coefficient (Wildman–Crippen LogP) is 2.32. The van der Waals surface area contributed by atoms with Gasteiger partial charge in [-0.3, -0.25) is 4.79 Å². The molecule has 3 aliphatic carbocycles. The quantitative estimate of drug-likeness (QED) is 0.534. The first kappa shape index (κ1) is 6.88. The molecule has 0 radical (unpaired) electrons. The van der Waals surface area contributed by atoms with E-state index in [0.29, 0.717) is 17.1 Å². The lowest BCUT2D eigenvalue weighted by Gasteiger charge is -2.26. The Balaban J connectivity index is 2.07. The average Bonchev–Trinajstić information content (AvgIpc) is 2.62. The molecule has 0 aromatic carbocycles. The van der Waals surface area contributed by atoms with Gasteiger partial charge in [0.2, 0.25) is 0 Å². The molecular weight excluding hydrogens is 148 g/mol. The highest BCUT2D eigenvalue weighted by molar-refractivity contribution is 5.95. The number of ketones is 1. The molecule has 1 nitrogen and oxygen atoms in total. The molecule has 64 valence electrons. The number of allylic oxidation sites excluding steroid dienone is 2. The summed E-state index contributed by atoms with van der Waals surface area (Å²) in [6.07, 6.45) is 10.6. The highest BCUT2D eigenvalue weighted by Gasteiger charge is 2.55. The van der Waals surface area contributed by atoms with Crippen molar-refractivity contribution in [3.63, 3.8) is 0 Å². The molecule has 0 aliphatic heterocycles. The van der Waals surface area contributed by atoms with Crippen molar-refractivity contribution < 1.29 is 4.79 Å². The van der Waals surface area contributed by atoms with Crippen molar-refractivity contribution in [2.45, 2.75) is 32.1 Å². The van der Waals surface area contributed by atoms with E-state index < -0.39 is 0 Å².